The molecule has 1 aliphatic rings. The van der Waals surface area contributed by atoms with Gasteiger partial charge in [0.2, 0.25) is 0 Å². The zero-order valence-electron chi connectivity index (χ0n) is 9.08. The minimum Gasteiger partial charge on any atom is -0.378 e. The van der Waals surface area contributed by atoms with Crippen molar-refractivity contribution in [3.8, 4) is 6.07 Å². The van der Waals surface area contributed by atoms with Crippen LogP contribution >= 0.6 is 0 Å². The lowest BCUT2D eigenvalue weighted by molar-refractivity contribution is 0.00705. The summed E-state index contributed by atoms with van der Waals surface area (Å²) in [6.45, 7) is 6.05. The average molecular weight is 197 g/mol. The smallest absolute Gasteiger partial charge is 0.0703 e. The zero-order valence-corrected chi connectivity index (χ0v) is 9.08. The molecule has 0 aromatic carbocycles. The summed E-state index contributed by atoms with van der Waals surface area (Å²) in [7, 11) is 0. The summed E-state index contributed by atoms with van der Waals surface area (Å²) in [4.78, 5) is 0. The standard InChI is InChI=1S/C11H19NO2/c1-10(2)14-8-7-13-9-11(3-4-11)5-6-12/h10H,3-5,7-9H2,1-2H3. The number of hydrogen-bond acceptors (Lipinski definition) is 3. The molecule has 1 fully saturated rings. The second-order valence-corrected chi connectivity index (χ2v) is 4.31. The number of nitrogens with zero attached hydrogens (tertiary/aromatic N) is 1. The Morgan fingerprint density at radius 1 is 1.36 bits per heavy atom. The summed E-state index contributed by atoms with van der Waals surface area (Å²) in [5.41, 5.74) is 0.201. The molecular formula is C11H19NO2. The Bertz CT molecular complexity index is 204. The number of ether oxygens (including phenoxy) is 2. The van der Waals surface area contributed by atoms with Crippen molar-refractivity contribution in [1.82, 2.24) is 0 Å². The van der Waals surface area contributed by atoms with Gasteiger partial charge in [0, 0.05) is 11.8 Å². The van der Waals surface area contributed by atoms with Gasteiger partial charge in [-0.2, -0.15) is 5.26 Å². The Balaban J connectivity index is 1.97. The van der Waals surface area contributed by atoms with Crippen LogP contribution in [0.1, 0.15) is 33.1 Å². The molecule has 0 aromatic rings. The first-order chi connectivity index (χ1) is 6.68. The largest absolute Gasteiger partial charge is 0.378 e. The maximum Gasteiger partial charge on any atom is 0.0703 e. The molecule has 0 aliphatic heterocycles. The van der Waals surface area contributed by atoms with E-state index < -0.39 is 0 Å². The third kappa shape index (κ3) is 4.08. The number of rotatable bonds is 7. The van der Waals surface area contributed by atoms with Crippen LogP contribution in [0.25, 0.3) is 0 Å². The van der Waals surface area contributed by atoms with Crippen molar-refractivity contribution >= 4 is 0 Å². The average Bonchev–Trinajstić information content (AvgIpc) is 2.85. The van der Waals surface area contributed by atoms with Gasteiger partial charge < -0.3 is 9.47 Å². The highest BCUT2D eigenvalue weighted by molar-refractivity contribution is 4.99. The van der Waals surface area contributed by atoms with E-state index in [-0.39, 0.29) is 11.5 Å². The molecule has 0 heterocycles. The van der Waals surface area contributed by atoms with E-state index in [1.165, 1.54) is 0 Å². The maximum atomic E-state index is 8.59. The van der Waals surface area contributed by atoms with Crippen LogP contribution < -0.4 is 0 Å². The summed E-state index contributed by atoms with van der Waals surface area (Å²) in [6.07, 6.45) is 3.20. The van der Waals surface area contributed by atoms with Crippen LogP contribution in [0.4, 0.5) is 0 Å². The van der Waals surface area contributed by atoms with Gasteiger partial charge in [0.1, 0.15) is 0 Å². The van der Waals surface area contributed by atoms with Gasteiger partial charge in [-0.25, -0.2) is 0 Å². The molecule has 0 spiro atoms. The second kappa shape index (κ2) is 5.33. The Morgan fingerprint density at radius 2 is 2.07 bits per heavy atom. The van der Waals surface area contributed by atoms with Crippen LogP contribution in [-0.2, 0) is 9.47 Å². The SMILES string of the molecule is CC(C)OCCOCC1(CC#N)CC1. The predicted octanol–water partition coefficient (Wildman–Crippen LogP) is 2.12. The molecular weight excluding hydrogens is 178 g/mol. The zero-order chi connectivity index (χ0) is 10.4. The summed E-state index contributed by atoms with van der Waals surface area (Å²) in [5.74, 6) is 0. The first-order valence-corrected chi connectivity index (χ1v) is 5.25. The van der Waals surface area contributed by atoms with Crippen LogP contribution in [0.5, 0.6) is 0 Å². The Hall–Kier alpha value is -0.590. The lowest BCUT2D eigenvalue weighted by Crippen LogP contribution is -2.15. The fraction of sp³-hybridized carbons (Fsp3) is 0.909. The van der Waals surface area contributed by atoms with E-state index in [1.807, 2.05) is 13.8 Å². The molecule has 0 N–H and O–H groups in total. The van der Waals surface area contributed by atoms with Crippen LogP contribution in [-0.4, -0.2) is 25.9 Å². The van der Waals surface area contributed by atoms with E-state index in [0.29, 0.717) is 19.6 Å². The summed E-state index contributed by atoms with van der Waals surface area (Å²) in [5, 5.41) is 8.59. The van der Waals surface area contributed by atoms with Crippen molar-refractivity contribution < 1.29 is 9.47 Å². The van der Waals surface area contributed by atoms with E-state index in [2.05, 4.69) is 6.07 Å². The molecule has 0 aromatic heterocycles. The van der Waals surface area contributed by atoms with Gasteiger partial charge in [-0.15, -0.1) is 0 Å². The first kappa shape index (κ1) is 11.5. The molecule has 14 heavy (non-hydrogen) atoms. The van der Waals surface area contributed by atoms with Crippen molar-refractivity contribution in [3.05, 3.63) is 0 Å². The van der Waals surface area contributed by atoms with E-state index in [4.69, 9.17) is 14.7 Å². The van der Waals surface area contributed by atoms with E-state index in [9.17, 15) is 0 Å². The molecule has 0 saturated heterocycles. The quantitative estimate of drug-likeness (QED) is 0.587. The predicted molar refractivity (Wildman–Crippen MR) is 53.8 cm³/mol. The van der Waals surface area contributed by atoms with Gasteiger partial charge >= 0.3 is 0 Å². The minimum absolute atomic E-state index is 0.201. The van der Waals surface area contributed by atoms with Gasteiger partial charge in [0.15, 0.2) is 0 Å². The summed E-state index contributed by atoms with van der Waals surface area (Å²) < 4.78 is 10.8. The Labute approximate surface area is 86.0 Å². The highest BCUT2D eigenvalue weighted by Gasteiger charge is 2.42. The molecule has 1 saturated carbocycles. The van der Waals surface area contributed by atoms with Gasteiger partial charge in [-0.3, -0.25) is 0 Å². The molecule has 0 radical (unpaired) electrons. The molecule has 3 nitrogen and oxygen atoms in total. The molecule has 3 heteroatoms. The molecule has 1 aliphatic carbocycles. The molecule has 1 rings (SSSR count). The van der Waals surface area contributed by atoms with Crippen LogP contribution in [0.3, 0.4) is 0 Å². The molecule has 80 valence electrons. The lowest BCUT2D eigenvalue weighted by Gasteiger charge is -2.12. The number of nitriles is 1. The maximum absolute atomic E-state index is 8.59. The van der Waals surface area contributed by atoms with Crippen molar-refractivity contribution in [2.45, 2.75) is 39.2 Å². The lowest BCUT2D eigenvalue weighted by atomic mass is 10.1. The topological polar surface area (TPSA) is 42.2 Å². The van der Waals surface area contributed by atoms with Crippen LogP contribution in [0, 0.1) is 16.7 Å². The normalized spacial score (nSPS) is 18.1. The van der Waals surface area contributed by atoms with Gasteiger partial charge in [-0.1, -0.05) is 0 Å². The van der Waals surface area contributed by atoms with Gasteiger partial charge in [-0.05, 0) is 26.7 Å². The van der Waals surface area contributed by atoms with Crippen LogP contribution in [0.2, 0.25) is 0 Å². The monoisotopic (exact) mass is 197 g/mol. The highest BCUT2D eigenvalue weighted by atomic mass is 16.5. The van der Waals surface area contributed by atoms with Crippen molar-refractivity contribution in [2.24, 2.45) is 5.41 Å². The second-order valence-electron chi connectivity index (χ2n) is 4.31. The fourth-order valence-electron chi connectivity index (χ4n) is 1.35. The van der Waals surface area contributed by atoms with Crippen molar-refractivity contribution in [3.63, 3.8) is 0 Å². The summed E-state index contributed by atoms with van der Waals surface area (Å²) >= 11 is 0. The van der Waals surface area contributed by atoms with Crippen molar-refractivity contribution in [1.29, 1.82) is 5.26 Å². The molecule has 0 unspecified atom stereocenters. The Kier molecular flexibility index (Phi) is 4.37. The van der Waals surface area contributed by atoms with E-state index in [1.54, 1.807) is 0 Å². The van der Waals surface area contributed by atoms with Gasteiger partial charge in [0.25, 0.3) is 0 Å². The highest BCUT2D eigenvalue weighted by Crippen LogP contribution is 2.48. The van der Waals surface area contributed by atoms with E-state index >= 15 is 0 Å². The molecule has 0 atom stereocenters. The van der Waals surface area contributed by atoms with Crippen molar-refractivity contribution in [2.75, 3.05) is 19.8 Å². The fourth-order valence-corrected chi connectivity index (χ4v) is 1.35. The molecule has 0 amide bonds. The summed E-state index contributed by atoms with van der Waals surface area (Å²) in [6, 6.07) is 2.22. The minimum atomic E-state index is 0.201. The van der Waals surface area contributed by atoms with Crippen LogP contribution in [0.15, 0.2) is 0 Å². The molecule has 0 bridgehead atoms. The first-order valence-electron chi connectivity index (χ1n) is 5.25. The third-order valence-corrected chi connectivity index (χ3v) is 2.50. The number of hydrogen-bond donors (Lipinski definition) is 0. The van der Waals surface area contributed by atoms with Gasteiger partial charge in [0.05, 0.1) is 32.0 Å². The van der Waals surface area contributed by atoms with E-state index in [0.717, 1.165) is 19.4 Å². The third-order valence-electron chi connectivity index (χ3n) is 2.50. The Morgan fingerprint density at radius 3 is 2.57 bits per heavy atom.